The summed E-state index contributed by atoms with van der Waals surface area (Å²) in [4.78, 5) is 16.5. The maximum absolute atomic E-state index is 12.1. The van der Waals surface area contributed by atoms with Gasteiger partial charge in [0.25, 0.3) is 0 Å². The molecule has 0 radical (unpaired) electrons. The molecule has 0 spiro atoms. The van der Waals surface area contributed by atoms with Crippen LogP contribution in [0.25, 0.3) is 11.4 Å². The van der Waals surface area contributed by atoms with Crippen LogP contribution < -0.4 is 5.32 Å². The van der Waals surface area contributed by atoms with Gasteiger partial charge < -0.3 is 9.84 Å². The second kappa shape index (κ2) is 8.15. The fourth-order valence-electron chi connectivity index (χ4n) is 2.56. The van der Waals surface area contributed by atoms with E-state index in [4.69, 9.17) is 16.1 Å². The molecule has 1 aromatic heterocycles. The number of carbonyl (C=O) groups is 1. The summed E-state index contributed by atoms with van der Waals surface area (Å²) < 4.78 is 5.26. The van der Waals surface area contributed by atoms with Crippen molar-refractivity contribution in [1.82, 2.24) is 10.1 Å². The Hall–Kier alpha value is -2.66. The van der Waals surface area contributed by atoms with Crippen molar-refractivity contribution in [2.24, 2.45) is 0 Å². The molecule has 134 valence electrons. The zero-order valence-electron chi connectivity index (χ0n) is 14.8. The van der Waals surface area contributed by atoms with E-state index in [0.717, 1.165) is 22.4 Å². The lowest BCUT2D eigenvalue weighted by molar-refractivity contribution is -0.116. The van der Waals surface area contributed by atoms with Crippen LogP contribution in [0, 0.1) is 13.8 Å². The van der Waals surface area contributed by atoms with Crippen LogP contribution in [0.5, 0.6) is 0 Å². The Bertz CT molecular complexity index is 904. The summed E-state index contributed by atoms with van der Waals surface area (Å²) in [5, 5.41) is 7.59. The van der Waals surface area contributed by atoms with Gasteiger partial charge in [-0.15, -0.1) is 0 Å². The van der Waals surface area contributed by atoms with Gasteiger partial charge in [0, 0.05) is 29.1 Å². The molecule has 1 heterocycles. The molecule has 3 rings (SSSR count). The van der Waals surface area contributed by atoms with Gasteiger partial charge >= 0.3 is 0 Å². The zero-order valence-corrected chi connectivity index (χ0v) is 15.5. The number of aryl methyl sites for hydroxylation is 3. The van der Waals surface area contributed by atoms with Crippen molar-refractivity contribution < 1.29 is 9.32 Å². The van der Waals surface area contributed by atoms with Gasteiger partial charge in [-0.25, -0.2) is 0 Å². The molecule has 1 N–H and O–H groups in total. The van der Waals surface area contributed by atoms with E-state index in [-0.39, 0.29) is 5.91 Å². The highest BCUT2D eigenvalue weighted by atomic mass is 35.5. The van der Waals surface area contributed by atoms with Gasteiger partial charge in [-0.1, -0.05) is 28.9 Å². The number of nitrogens with one attached hydrogen (secondary N) is 1. The summed E-state index contributed by atoms with van der Waals surface area (Å²) >= 11 is 5.88. The molecular weight excluding hydrogens is 350 g/mol. The monoisotopic (exact) mass is 369 g/mol. The van der Waals surface area contributed by atoms with Crippen LogP contribution in [0.2, 0.25) is 5.02 Å². The van der Waals surface area contributed by atoms with E-state index in [1.54, 1.807) is 12.1 Å². The molecule has 0 aliphatic carbocycles. The third-order valence-corrected chi connectivity index (χ3v) is 4.28. The summed E-state index contributed by atoms with van der Waals surface area (Å²) in [6, 6.07) is 13.3. The number of aromatic nitrogens is 2. The number of anilines is 1. The van der Waals surface area contributed by atoms with E-state index in [1.165, 1.54) is 0 Å². The molecule has 0 saturated heterocycles. The highest BCUT2D eigenvalue weighted by Crippen LogP contribution is 2.20. The number of halogens is 1. The van der Waals surface area contributed by atoms with E-state index in [9.17, 15) is 4.79 Å². The van der Waals surface area contributed by atoms with Gasteiger partial charge in [0.05, 0.1) is 0 Å². The van der Waals surface area contributed by atoms with Gasteiger partial charge in [0.15, 0.2) is 0 Å². The minimum absolute atomic E-state index is 0.0175. The molecule has 2 aromatic carbocycles. The molecule has 6 heteroatoms. The Kier molecular flexibility index (Phi) is 5.68. The van der Waals surface area contributed by atoms with Crippen molar-refractivity contribution in [2.75, 3.05) is 5.32 Å². The average molecular weight is 370 g/mol. The molecule has 0 saturated carbocycles. The fraction of sp³-hybridized carbons (Fsp3) is 0.250. The van der Waals surface area contributed by atoms with E-state index in [2.05, 4.69) is 15.5 Å². The molecule has 26 heavy (non-hydrogen) atoms. The summed E-state index contributed by atoms with van der Waals surface area (Å²) in [5.41, 5.74) is 3.87. The number of hydrogen-bond acceptors (Lipinski definition) is 4. The first kappa shape index (κ1) is 18.1. The number of rotatable bonds is 6. The van der Waals surface area contributed by atoms with Crippen molar-refractivity contribution >= 4 is 23.2 Å². The second-order valence-corrected chi connectivity index (χ2v) is 6.68. The van der Waals surface area contributed by atoms with Crippen molar-refractivity contribution in [2.45, 2.75) is 33.1 Å². The highest BCUT2D eigenvalue weighted by Gasteiger charge is 2.10. The lowest BCUT2D eigenvalue weighted by Gasteiger charge is -2.08. The number of nitrogens with zero attached hydrogens (tertiary/aromatic N) is 2. The third-order valence-electron chi connectivity index (χ3n) is 4.03. The Morgan fingerprint density at radius 1 is 1.15 bits per heavy atom. The Labute approximate surface area is 157 Å². The average Bonchev–Trinajstić information content (AvgIpc) is 3.08. The first-order valence-corrected chi connectivity index (χ1v) is 8.85. The Morgan fingerprint density at radius 2 is 1.92 bits per heavy atom. The van der Waals surface area contributed by atoms with Gasteiger partial charge in [-0.2, -0.15) is 4.98 Å². The highest BCUT2D eigenvalue weighted by molar-refractivity contribution is 6.30. The van der Waals surface area contributed by atoms with Crippen molar-refractivity contribution in [3.8, 4) is 11.4 Å². The fourth-order valence-corrected chi connectivity index (χ4v) is 2.68. The predicted molar refractivity (Wildman–Crippen MR) is 102 cm³/mol. The van der Waals surface area contributed by atoms with Crippen LogP contribution >= 0.6 is 11.6 Å². The van der Waals surface area contributed by atoms with Gasteiger partial charge in [0.1, 0.15) is 0 Å². The minimum atomic E-state index is -0.0175. The second-order valence-electron chi connectivity index (χ2n) is 6.24. The third kappa shape index (κ3) is 4.70. The normalized spacial score (nSPS) is 10.7. The van der Waals surface area contributed by atoms with Crippen molar-refractivity contribution in [1.29, 1.82) is 0 Å². The molecule has 0 bridgehead atoms. The number of benzene rings is 2. The van der Waals surface area contributed by atoms with Crippen LogP contribution in [-0.4, -0.2) is 16.0 Å². The zero-order chi connectivity index (χ0) is 18.5. The summed E-state index contributed by atoms with van der Waals surface area (Å²) in [6.07, 6.45) is 1.59. The first-order valence-electron chi connectivity index (χ1n) is 8.47. The number of amides is 1. The van der Waals surface area contributed by atoms with Crippen molar-refractivity contribution in [3.05, 3.63) is 64.5 Å². The lowest BCUT2D eigenvalue weighted by atomic mass is 10.1. The van der Waals surface area contributed by atoms with Gasteiger partial charge in [0.2, 0.25) is 17.6 Å². The topological polar surface area (TPSA) is 68.0 Å². The molecule has 0 aliphatic rings. The summed E-state index contributed by atoms with van der Waals surface area (Å²) in [5.74, 6) is 1.03. The largest absolute Gasteiger partial charge is 0.339 e. The molecule has 0 unspecified atom stereocenters. The maximum Gasteiger partial charge on any atom is 0.226 e. The molecule has 1 amide bonds. The smallest absolute Gasteiger partial charge is 0.226 e. The molecular formula is C20H20ClN3O2. The maximum atomic E-state index is 12.1. The molecule has 0 fully saturated rings. The van der Waals surface area contributed by atoms with Crippen molar-refractivity contribution in [3.63, 3.8) is 0 Å². The van der Waals surface area contributed by atoms with Gasteiger partial charge in [-0.05, 0) is 61.7 Å². The van der Waals surface area contributed by atoms with E-state index in [0.29, 0.717) is 36.0 Å². The molecule has 3 aromatic rings. The van der Waals surface area contributed by atoms with E-state index < -0.39 is 0 Å². The van der Waals surface area contributed by atoms with Crippen LogP contribution in [0.1, 0.15) is 29.9 Å². The Balaban J connectivity index is 1.51. The quantitative estimate of drug-likeness (QED) is 0.666. The number of carbonyl (C=O) groups excluding carboxylic acids is 1. The van der Waals surface area contributed by atoms with Crippen LogP contribution in [0.4, 0.5) is 5.69 Å². The lowest BCUT2D eigenvalue weighted by Crippen LogP contribution is -2.12. The van der Waals surface area contributed by atoms with Crippen LogP contribution in [0.3, 0.4) is 0 Å². The minimum Gasteiger partial charge on any atom is -0.339 e. The SMILES string of the molecule is Cc1ccc(C)c(NC(=O)CCCc2nc(-c3ccc(Cl)cc3)no2)c1. The van der Waals surface area contributed by atoms with Gasteiger partial charge in [-0.3, -0.25) is 4.79 Å². The standard InChI is InChI=1S/C20H20ClN3O2/c1-13-6-7-14(2)17(12-13)22-18(25)4-3-5-19-23-20(24-26-19)15-8-10-16(21)11-9-15/h6-12H,3-5H2,1-2H3,(H,22,25). The summed E-state index contributed by atoms with van der Waals surface area (Å²) in [6.45, 7) is 3.98. The Morgan fingerprint density at radius 3 is 2.69 bits per heavy atom. The molecule has 0 atom stereocenters. The van der Waals surface area contributed by atoms with Crippen LogP contribution in [0.15, 0.2) is 47.0 Å². The van der Waals surface area contributed by atoms with E-state index >= 15 is 0 Å². The van der Waals surface area contributed by atoms with E-state index in [1.807, 2.05) is 44.2 Å². The molecule has 5 nitrogen and oxygen atoms in total. The summed E-state index contributed by atoms with van der Waals surface area (Å²) in [7, 11) is 0. The molecule has 0 aliphatic heterocycles. The predicted octanol–water partition coefficient (Wildman–Crippen LogP) is 4.97. The first-order chi connectivity index (χ1) is 12.5. The van der Waals surface area contributed by atoms with Crippen LogP contribution in [-0.2, 0) is 11.2 Å². The number of hydrogen-bond donors (Lipinski definition) is 1.